The Morgan fingerprint density at radius 1 is 1.09 bits per heavy atom. The molecule has 3 nitrogen and oxygen atoms in total. The summed E-state index contributed by atoms with van der Waals surface area (Å²) in [5.41, 5.74) is 1.48. The van der Waals surface area contributed by atoms with Crippen LogP contribution in [0.1, 0.15) is 36.8 Å². The minimum absolute atomic E-state index is 0.0718. The molecule has 0 fully saturated rings. The third-order valence-electron chi connectivity index (χ3n) is 4.42. The smallest absolute Gasteiger partial charge is 0.250 e. The number of carbonyl (C=O) groups is 1. The van der Waals surface area contributed by atoms with Crippen LogP contribution >= 0.6 is 0 Å². The topological polar surface area (TPSA) is 39.2 Å². The molecule has 2 rings (SSSR count). The number of pyridine rings is 1. The molecule has 1 aromatic heterocycles. The summed E-state index contributed by atoms with van der Waals surface area (Å²) in [7, 11) is -1.85. The van der Waals surface area contributed by atoms with Crippen molar-refractivity contribution < 1.29 is 9.22 Å². The Hall–Kier alpha value is -1.94. The van der Waals surface area contributed by atoms with Crippen LogP contribution in [0, 0.1) is 0 Å². The zero-order valence-corrected chi connectivity index (χ0v) is 15.6. The van der Waals surface area contributed by atoms with Gasteiger partial charge in [0.25, 0.3) is 0 Å². The summed E-state index contributed by atoms with van der Waals surface area (Å²) in [6, 6.07) is 13.1. The van der Waals surface area contributed by atoms with Gasteiger partial charge in [-0.3, -0.25) is 9.78 Å². The van der Waals surface area contributed by atoms with Gasteiger partial charge in [-0.15, -0.1) is 0 Å². The van der Waals surface area contributed by atoms with Gasteiger partial charge < -0.3 is 4.43 Å². The SMILES string of the molecule is CC(C)(C)[Si](C)(C)Oc1ccc(C(=O)Cc2ccccn2)cc1. The van der Waals surface area contributed by atoms with E-state index in [0.717, 1.165) is 11.4 Å². The van der Waals surface area contributed by atoms with Crippen LogP contribution in [-0.4, -0.2) is 19.1 Å². The maximum atomic E-state index is 12.3. The van der Waals surface area contributed by atoms with E-state index in [1.165, 1.54) is 0 Å². The normalized spacial score (nSPS) is 12.0. The maximum absolute atomic E-state index is 12.3. The van der Waals surface area contributed by atoms with Gasteiger partial charge in [0.05, 0.1) is 6.42 Å². The zero-order chi connectivity index (χ0) is 17.1. The van der Waals surface area contributed by atoms with Crippen molar-refractivity contribution in [3.05, 3.63) is 59.9 Å². The first-order valence-corrected chi connectivity index (χ1v) is 10.8. The van der Waals surface area contributed by atoms with Gasteiger partial charge >= 0.3 is 0 Å². The molecule has 1 heterocycles. The van der Waals surface area contributed by atoms with Gasteiger partial charge in [-0.2, -0.15) is 0 Å². The molecule has 0 atom stereocenters. The van der Waals surface area contributed by atoms with Crippen molar-refractivity contribution in [1.29, 1.82) is 0 Å². The number of rotatable bonds is 5. The maximum Gasteiger partial charge on any atom is 0.250 e. The van der Waals surface area contributed by atoms with Crippen molar-refractivity contribution in [1.82, 2.24) is 4.98 Å². The molecular formula is C19H25NO2Si. The van der Waals surface area contributed by atoms with Crippen LogP contribution in [0.3, 0.4) is 0 Å². The second-order valence-corrected chi connectivity index (χ2v) is 12.0. The van der Waals surface area contributed by atoms with E-state index < -0.39 is 8.32 Å². The van der Waals surface area contributed by atoms with Crippen LogP contribution in [0.5, 0.6) is 5.75 Å². The van der Waals surface area contributed by atoms with Gasteiger partial charge in [0, 0.05) is 17.5 Å². The number of hydrogen-bond acceptors (Lipinski definition) is 3. The molecule has 0 aliphatic carbocycles. The highest BCUT2D eigenvalue weighted by Gasteiger charge is 2.38. The number of nitrogens with zero attached hydrogens (tertiary/aromatic N) is 1. The van der Waals surface area contributed by atoms with Gasteiger partial charge in [-0.05, 0) is 54.5 Å². The van der Waals surface area contributed by atoms with E-state index in [2.05, 4.69) is 38.8 Å². The third kappa shape index (κ3) is 4.52. The number of aromatic nitrogens is 1. The van der Waals surface area contributed by atoms with Gasteiger partial charge in [0.2, 0.25) is 8.32 Å². The molecular weight excluding hydrogens is 302 g/mol. The molecule has 0 radical (unpaired) electrons. The first kappa shape index (κ1) is 17.4. The minimum atomic E-state index is -1.85. The van der Waals surface area contributed by atoms with Crippen LogP contribution in [0.4, 0.5) is 0 Å². The Kier molecular flexibility index (Phi) is 5.05. The molecule has 0 amide bonds. The van der Waals surface area contributed by atoms with E-state index in [1.807, 2.05) is 42.5 Å². The second kappa shape index (κ2) is 6.67. The lowest BCUT2D eigenvalue weighted by Crippen LogP contribution is -2.43. The summed E-state index contributed by atoms with van der Waals surface area (Å²) in [5, 5.41) is 0.153. The standard InChI is InChI=1S/C19H25NO2Si/c1-19(2,3)23(4,5)22-17-11-9-15(10-12-17)18(21)14-16-8-6-7-13-20-16/h6-13H,14H2,1-5H3. The van der Waals surface area contributed by atoms with Gasteiger partial charge in [-0.25, -0.2) is 0 Å². The number of Topliss-reactive ketones (excluding diaryl/α,β-unsaturated/α-hetero) is 1. The first-order chi connectivity index (χ1) is 10.7. The van der Waals surface area contributed by atoms with Gasteiger partial charge in [0.15, 0.2) is 5.78 Å². The lowest BCUT2D eigenvalue weighted by Gasteiger charge is -2.36. The monoisotopic (exact) mass is 327 g/mol. The molecule has 0 bridgehead atoms. The van der Waals surface area contributed by atoms with E-state index in [-0.39, 0.29) is 10.8 Å². The fraction of sp³-hybridized carbons (Fsp3) is 0.368. The van der Waals surface area contributed by atoms with E-state index in [9.17, 15) is 4.79 Å². The number of carbonyl (C=O) groups excluding carboxylic acids is 1. The summed E-state index contributed by atoms with van der Waals surface area (Å²) in [6.07, 6.45) is 2.03. The molecule has 4 heteroatoms. The van der Waals surface area contributed by atoms with Crippen molar-refractivity contribution in [3.63, 3.8) is 0 Å². The molecule has 0 aliphatic rings. The van der Waals surface area contributed by atoms with Gasteiger partial charge in [0.1, 0.15) is 5.75 Å². The average Bonchev–Trinajstić information content (AvgIpc) is 2.47. The van der Waals surface area contributed by atoms with Crippen LogP contribution in [0.2, 0.25) is 18.1 Å². The highest BCUT2D eigenvalue weighted by molar-refractivity contribution is 6.74. The molecule has 0 aliphatic heterocycles. The molecule has 122 valence electrons. The predicted molar refractivity (Wildman–Crippen MR) is 96.5 cm³/mol. The minimum Gasteiger partial charge on any atom is -0.544 e. The van der Waals surface area contributed by atoms with E-state index >= 15 is 0 Å². The van der Waals surface area contributed by atoms with E-state index in [1.54, 1.807) is 6.20 Å². The highest BCUT2D eigenvalue weighted by Crippen LogP contribution is 2.37. The lowest BCUT2D eigenvalue weighted by molar-refractivity contribution is 0.0992. The molecule has 1 aromatic carbocycles. The van der Waals surface area contributed by atoms with Crippen molar-refractivity contribution >= 4 is 14.1 Å². The van der Waals surface area contributed by atoms with Crippen LogP contribution < -0.4 is 4.43 Å². The Labute approximate surface area is 139 Å². The number of benzene rings is 1. The fourth-order valence-corrected chi connectivity index (χ4v) is 2.96. The third-order valence-corrected chi connectivity index (χ3v) is 8.78. The molecule has 23 heavy (non-hydrogen) atoms. The van der Waals surface area contributed by atoms with Crippen LogP contribution in [-0.2, 0) is 6.42 Å². The molecule has 0 unspecified atom stereocenters. The largest absolute Gasteiger partial charge is 0.544 e. The summed E-state index contributed by atoms with van der Waals surface area (Å²) in [4.78, 5) is 16.5. The number of hydrogen-bond donors (Lipinski definition) is 0. The number of ketones is 1. The second-order valence-electron chi connectivity index (χ2n) is 7.31. The van der Waals surface area contributed by atoms with Gasteiger partial charge in [-0.1, -0.05) is 26.8 Å². The first-order valence-electron chi connectivity index (χ1n) is 7.91. The quantitative estimate of drug-likeness (QED) is 0.580. The molecule has 0 saturated carbocycles. The molecule has 0 N–H and O–H groups in total. The Morgan fingerprint density at radius 2 is 1.74 bits per heavy atom. The van der Waals surface area contributed by atoms with Crippen molar-refractivity contribution in [2.75, 3.05) is 0 Å². The molecule has 0 saturated heterocycles. The summed E-state index contributed by atoms with van der Waals surface area (Å²) in [5.74, 6) is 0.911. The van der Waals surface area contributed by atoms with Crippen molar-refractivity contribution in [3.8, 4) is 5.75 Å². The lowest BCUT2D eigenvalue weighted by atomic mass is 10.1. The molecule has 2 aromatic rings. The highest BCUT2D eigenvalue weighted by atomic mass is 28.4. The van der Waals surface area contributed by atoms with Crippen LogP contribution in [0.15, 0.2) is 48.7 Å². The van der Waals surface area contributed by atoms with Crippen molar-refractivity contribution in [2.45, 2.75) is 45.3 Å². The van der Waals surface area contributed by atoms with Crippen LogP contribution in [0.25, 0.3) is 0 Å². The summed E-state index contributed by atoms with van der Waals surface area (Å²) >= 11 is 0. The zero-order valence-electron chi connectivity index (χ0n) is 14.6. The summed E-state index contributed by atoms with van der Waals surface area (Å²) in [6.45, 7) is 11.1. The Morgan fingerprint density at radius 3 is 2.26 bits per heavy atom. The van der Waals surface area contributed by atoms with Crippen molar-refractivity contribution in [2.24, 2.45) is 0 Å². The predicted octanol–water partition coefficient (Wildman–Crippen LogP) is 4.89. The summed E-state index contributed by atoms with van der Waals surface area (Å²) < 4.78 is 6.23. The average molecular weight is 328 g/mol. The Bertz CT molecular complexity index is 658. The fourth-order valence-electron chi connectivity index (χ4n) is 1.93. The Balaban J connectivity index is 2.06. The van der Waals surface area contributed by atoms with E-state index in [0.29, 0.717) is 12.0 Å². The molecule has 0 spiro atoms. The van der Waals surface area contributed by atoms with E-state index in [4.69, 9.17) is 4.43 Å².